The third kappa shape index (κ3) is 6.60. The second-order valence-electron chi connectivity index (χ2n) is 9.67. The Labute approximate surface area is 222 Å². The van der Waals surface area contributed by atoms with Crippen LogP contribution in [0.5, 0.6) is 0 Å². The van der Waals surface area contributed by atoms with Gasteiger partial charge in [0, 0.05) is 48.3 Å². The van der Waals surface area contributed by atoms with Gasteiger partial charge in [0.1, 0.15) is 0 Å². The van der Waals surface area contributed by atoms with E-state index in [9.17, 15) is 9.90 Å². The van der Waals surface area contributed by atoms with E-state index in [0.717, 1.165) is 28.7 Å². The van der Waals surface area contributed by atoms with Crippen molar-refractivity contribution in [3.63, 3.8) is 0 Å². The van der Waals surface area contributed by atoms with Gasteiger partial charge < -0.3 is 15.1 Å². The summed E-state index contributed by atoms with van der Waals surface area (Å²) in [5.74, 6) is -0.725. The fourth-order valence-corrected chi connectivity index (χ4v) is 4.72. The van der Waals surface area contributed by atoms with E-state index in [0.29, 0.717) is 31.5 Å². The maximum Gasteiger partial charge on any atom is 0.264 e. The van der Waals surface area contributed by atoms with Crippen molar-refractivity contribution in [2.45, 2.75) is 65.5 Å². The van der Waals surface area contributed by atoms with Gasteiger partial charge in [-0.1, -0.05) is 63.5 Å². The summed E-state index contributed by atoms with van der Waals surface area (Å²) in [5.41, 5.74) is 3.01. The number of fused-ring (bicyclic) bond motifs is 1. The highest BCUT2D eigenvalue weighted by Gasteiger charge is 2.52. The number of hydrogen-bond acceptors (Lipinski definition) is 5. The molecule has 0 spiro atoms. The largest absolute Gasteiger partial charge is 0.396 e. The van der Waals surface area contributed by atoms with Crippen LogP contribution in [0.1, 0.15) is 58.2 Å². The van der Waals surface area contributed by atoms with E-state index >= 15 is 0 Å². The first-order chi connectivity index (χ1) is 17.2. The summed E-state index contributed by atoms with van der Waals surface area (Å²) in [5, 5.41) is 28.9. The van der Waals surface area contributed by atoms with Crippen molar-refractivity contribution in [3.8, 4) is 0 Å². The van der Waals surface area contributed by atoms with Crippen LogP contribution in [-0.4, -0.2) is 44.3 Å². The molecular weight excluding hydrogens is 520 g/mol. The summed E-state index contributed by atoms with van der Waals surface area (Å²) in [6.45, 7) is 9.24. The SMILES string of the molecule is CC(C)=CCC/C(C)=C/CN1C(=O)[C@@](O)([C@@H](C)/C=C/CCn2cc(CCO)nn2)c2cc(Br)ccc21. The molecule has 1 aliphatic heterocycles. The molecule has 1 aliphatic rings. The number of aromatic nitrogens is 3. The first-order valence-corrected chi connectivity index (χ1v) is 13.3. The minimum atomic E-state index is -1.64. The smallest absolute Gasteiger partial charge is 0.264 e. The van der Waals surface area contributed by atoms with Crippen molar-refractivity contribution >= 4 is 27.5 Å². The normalized spacial score (nSPS) is 18.7. The van der Waals surface area contributed by atoms with Crippen molar-refractivity contribution in [1.29, 1.82) is 0 Å². The Bertz CT molecular complexity index is 1150. The maximum absolute atomic E-state index is 13.6. The molecule has 2 aromatic rings. The highest BCUT2D eigenvalue weighted by molar-refractivity contribution is 9.10. The van der Waals surface area contributed by atoms with E-state index < -0.39 is 11.5 Å². The average molecular weight is 558 g/mol. The average Bonchev–Trinajstić information content (AvgIpc) is 3.36. The summed E-state index contributed by atoms with van der Waals surface area (Å²) in [6, 6.07) is 5.65. The van der Waals surface area contributed by atoms with Crippen LogP contribution < -0.4 is 4.90 Å². The number of rotatable bonds is 12. The lowest BCUT2D eigenvalue weighted by atomic mass is 9.83. The van der Waals surface area contributed by atoms with E-state index in [1.807, 2.05) is 43.5 Å². The number of carbonyl (C=O) groups is 1. The standard InChI is InChI=1S/C28H37BrN4O3/c1-20(2)8-7-9-21(3)13-16-33-26-12-11-23(29)18-25(26)28(36,27(33)35)22(4)10-5-6-15-32-19-24(14-17-34)30-31-32/h5,8,10-13,18-19,22,34,36H,6-7,9,14-17H2,1-4H3/b10-5+,21-13+/t22-,28+/m0/s1. The lowest BCUT2D eigenvalue weighted by Gasteiger charge is -2.27. The minimum Gasteiger partial charge on any atom is -0.396 e. The topological polar surface area (TPSA) is 91.5 Å². The zero-order chi connectivity index (χ0) is 26.3. The number of aliphatic hydroxyl groups excluding tert-OH is 1. The Balaban J connectivity index is 1.72. The summed E-state index contributed by atoms with van der Waals surface area (Å²) in [6.07, 6.45) is 13.1. The number of amides is 1. The van der Waals surface area contributed by atoms with Crippen LogP contribution in [0.15, 0.2) is 64.3 Å². The molecule has 3 rings (SSSR count). The lowest BCUT2D eigenvalue weighted by Crippen LogP contribution is -2.44. The predicted octanol–water partition coefficient (Wildman–Crippen LogP) is 5.08. The number of nitrogens with zero attached hydrogens (tertiary/aromatic N) is 4. The summed E-state index contributed by atoms with van der Waals surface area (Å²) in [7, 11) is 0. The Hall–Kier alpha value is -2.55. The van der Waals surface area contributed by atoms with Gasteiger partial charge in [0.15, 0.2) is 5.60 Å². The van der Waals surface area contributed by atoms with Gasteiger partial charge in [0.05, 0.1) is 11.4 Å². The molecular formula is C28H37BrN4O3. The maximum atomic E-state index is 13.6. The molecule has 2 N–H and O–H groups in total. The van der Waals surface area contributed by atoms with Crippen LogP contribution in [0, 0.1) is 5.92 Å². The molecule has 36 heavy (non-hydrogen) atoms. The molecule has 8 heteroatoms. The Morgan fingerprint density at radius 1 is 1.22 bits per heavy atom. The molecule has 7 nitrogen and oxygen atoms in total. The number of allylic oxidation sites excluding steroid dienone is 4. The van der Waals surface area contributed by atoms with E-state index in [2.05, 4.69) is 59.2 Å². The number of anilines is 1. The summed E-state index contributed by atoms with van der Waals surface area (Å²) >= 11 is 3.50. The third-order valence-corrected chi connectivity index (χ3v) is 7.00. The van der Waals surface area contributed by atoms with Gasteiger partial charge in [-0.25, -0.2) is 0 Å². The molecule has 0 saturated carbocycles. The number of benzene rings is 1. The molecule has 0 radical (unpaired) electrons. The molecule has 0 aliphatic carbocycles. The molecule has 0 fully saturated rings. The van der Waals surface area contributed by atoms with Gasteiger partial charge in [-0.15, -0.1) is 5.10 Å². The first kappa shape index (κ1) is 28.0. The number of halogens is 1. The van der Waals surface area contributed by atoms with Crippen LogP contribution >= 0.6 is 15.9 Å². The highest BCUT2D eigenvalue weighted by atomic mass is 79.9. The van der Waals surface area contributed by atoms with Crippen molar-refractivity contribution < 1.29 is 15.0 Å². The van der Waals surface area contributed by atoms with Crippen LogP contribution in [0.3, 0.4) is 0 Å². The number of aryl methyl sites for hydroxylation is 1. The number of aliphatic hydroxyl groups is 2. The highest BCUT2D eigenvalue weighted by Crippen LogP contribution is 2.46. The zero-order valence-corrected chi connectivity index (χ0v) is 23.2. The lowest BCUT2D eigenvalue weighted by molar-refractivity contribution is -0.139. The minimum absolute atomic E-state index is 0.0442. The third-order valence-electron chi connectivity index (χ3n) is 6.51. The van der Waals surface area contributed by atoms with Gasteiger partial charge in [0.2, 0.25) is 0 Å². The van der Waals surface area contributed by atoms with Crippen LogP contribution in [0.4, 0.5) is 5.69 Å². The molecule has 0 saturated heterocycles. The van der Waals surface area contributed by atoms with Gasteiger partial charge in [-0.3, -0.25) is 9.48 Å². The fraction of sp³-hybridized carbons (Fsp3) is 0.464. The van der Waals surface area contributed by atoms with Gasteiger partial charge in [0.25, 0.3) is 5.91 Å². The molecule has 1 aromatic heterocycles. The Morgan fingerprint density at radius 3 is 2.72 bits per heavy atom. The molecule has 1 amide bonds. The number of carbonyl (C=O) groups excluding carboxylic acids is 1. The van der Waals surface area contributed by atoms with Crippen molar-refractivity contribution in [3.05, 3.63) is 75.6 Å². The Morgan fingerprint density at radius 2 is 2.00 bits per heavy atom. The predicted molar refractivity (Wildman–Crippen MR) is 147 cm³/mol. The van der Waals surface area contributed by atoms with E-state index in [1.165, 1.54) is 11.1 Å². The van der Waals surface area contributed by atoms with Crippen LogP contribution in [0.25, 0.3) is 0 Å². The Kier molecular flexibility index (Phi) is 9.82. The summed E-state index contributed by atoms with van der Waals surface area (Å²) in [4.78, 5) is 15.3. The molecule has 0 bridgehead atoms. The van der Waals surface area contributed by atoms with Crippen molar-refractivity contribution in [1.82, 2.24) is 15.0 Å². The van der Waals surface area contributed by atoms with Crippen molar-refractivity contribution in [2.24, 2.45) is 5.92 Å². The monoisotopic (exact) mass is 556 g/mol. The molecule has 0 unspecified atom stereocenters. The molecule has 2 heterocycles. The van der Waals surface area contributed by atoms with E-state index in [4.69, 9.17) is 5.11 Å². The van der Waals surface area contributed by atoms with Crippen LogP contribution in [-0.2, 0) is 23.4 Å². The quantitative estimate of drug-likeness (QED) is 0.355. The molecule has 1 aromatic carbocycles. The zero-order valence-electron chi connectivity index (χ0n) is 21.6. The fourth-order valence-electron chi connectivity index (χ4n) is 4.36. The second-order valence-corrected chi connectivity index (χ2v) is 10.6. The van der Waals surface area contributed by atoms with Crippen molar-refractivity contribution in [2.75, 3.05) is 18.1 Å². The van der Waals surface area contributed by atoms with E-state index in [1.54, 1.807) is 9.58 Å². The van der Waals surface area contributed by atoms with E-state index in [-0.39, 0.29) is 12.5 Å². The van der Waals surface area contributed by atoms with Gasteiger partial charge in [-0.05, 0) is 58.2 Å². The van der Waals surface area contributed by atoms with Gasteiger partial charge >= 0.3 is 0 Å². The summed E-state index contributed by atoms with van der Waals surface area (Å²) < 4.78 is 2.55. The first-order valence-electron chi connectivity index (χ1n) is 12.5. The number of hydrogen-bond donors (Lipinski definition) is 2. The second kappa shape index (κ2) is 12.6. The molecule has 2 atom stereocenters. The molecule has 194 valence electrons. The van der Waals surface area contributed by atoms with Crippen LogP contribution in [0.2, 0.25) is 0 Å². The van der Waals surface area contributed by atoms with Gasteiger partial charge in [-0.2, -0.15) is 0 Å².